The lowest BCUT2D eigenvalue weighted by atomic mass is 10.1. The Bertz CT molecular complexity index is 529. The number of rotatable bonds is 5. The lowest BCUT2D eigenvalue weighted by molar-refractivity contribution is 0.641. The Balaban J connectivity index is 2.02. The molecule has 100 valence electrons. The van der Waals surface area contributed by atoms with Crippen LogP contribution in [-0.4, -0.2) is 26.0 Å². The summed E-state index contributed by atoms with van der Waals surface area (Å²) in [4.78, 5) is 17.1. The Kier molecular flexibility index (Phi) is 4.81. The van der Waals surface area contributed by atoms with Crippen molar-refractivity contribution < 1.29 is 0 Å². The van der Waals surface area contributed by atoms with Crippen LogP contribution in [0.5, 0.6) is 0 Å². The number of nitrogens with zero attached hydrogens (tertiary/aromatic N) is 4. The average molecular weight is 275 g/mol. The van der Waals surface area contributed by atoms with Gasteiger partial charge in [0.15, 0.2) is 10.3 Å². The fraction of sp³-hybridized carbons (Fsp3) is 0.385. The Morgan fingerprint density at radius 3 is 2.58 bits per heavy atom. The second-order valence-electron chi connectivity index (χ2n) is 4.33. The molecule has 2 rings (SSSR count). The SMILES string of the molecule is CCC(N)Cc1cnc(Sc2nccc(C)n2)nc1. The molecule has 0 bridgehead atoms. The van der Waals surface area contributed by atoms with E-state index in [1.54, 1.807) is 6.20 Å². The Hall–Kier alpha value is -1.53. The molecule has 1 unspecified atom stereocenters. The van der Waals surface area contributed by atoms with E-state index in [4.69, 9.17) is 5.73 Å². The largest absolute Gasteiger partial charge is 0.327 e. The third-order valence-corrected chi connectivity index (χ3v) is 3.43. The standard InChI is InChI=1S/C13H17N5S/c1-3-11(14)6-10-7-16-12(17-8-10)19-13-15-5-4-9(2)18-13/h4-5,7-8,11H,3,6,14H2,1-2H3. The molecular weight excluding hydrogens is 258 g/mol. The van der Waals surface area contributed by atoms with Gasteiger partial charge in [-0.05, 0) is 43.2 Å². The predicted molar refractivity (Wildman–Crippen MR) is 74.9 cm³/mol. The van der Waals surface area contributed by atoms with E-state index in [-0.39, 0.29) is 6.04 Å². The summed E-state index contributed by atoms with van der Waals surface area (Å²) in [6.07, 6.45) is 7.14. The third kappa shape index (κ3) is 4.25. The van der Waals surface area contributed by atoms with Crippen LogP contribution in [0.2, 0.25) is 0 Å². The molecule has 6 heteroatoms. The second-order valence-corrected chi connectivity index (χ2v) is 5.26. The molecule has 2 N–H and O–H groups in total. The van der Waals surface area contributed by atoms with Crippen molar-refractivity contribution in [1.82, 2.24) is 19.9 Å². The van der Waals surface area contributed by atoms with Crippen molar-refractivity contribution in [2.24, 2.45) is 5.73 Å². The minimum Gasteiger partial charge on any atom is -0.327 e. The Morgan fingerprint density at radius 2 is 1.95 bits per heavy atom. The molecule has 5 nitrogen and oxygen atoms in total. The minimum atomic E-state index is 0.169. The lowest BCUT2D eigenvalue weighted by Gasteiger charge is -2.07. The van der Waals surface area contributed by atoms with Crippen LogP contribution >= 0.6 is 11.8 Å². The molecule has 2 aromatic heterocycles. The van der Waals surface area contributed by atoms with Crippen molar-refractivity contribution in [3.63, 3.8) is 0 Å². The molecule has 0 aliphatic rings. The van der Waals surface area contributed by atoms with E-state index in [0.29, 0.717) is 10.3 Å². The number of nitrogens with two attached hydrogens (primary N) is 1. The monoisotopic (exact) mass is 275 g/mol. The maximum absolute atomic E-state index is 5.90. The molecule has 0 saturated heterocycles. The first-order chi connectivity index (χ1) is 9.17. The molecule has 2 heterocycles. The lowest BCUT2D eigenvalue weighted by Crippen LogP contribution is -2.21. The summed E-state index contributed by atoms with van der Waals surface area (Å²) in [7, 11) is 0. The summed E-state index contributed by atoms with van der Waals surface area (Å²) < 4.78 is 0. The zero-order chi connectivity index (χ0) is 13.7. The highest BCUT2D eigenvalue weighted by molar-refractivity contribution is 7.99. The van der Waals surface area contributed by atoms with Crippen LogP contribution in [0.1, 0.15) is 24.6 Å². The summed E-state index contributed by atoms with van der Waals surface area (Å²) in [6, 6.07) is 2.03. The van der Waals surface area contributed by atoms with Crippen LogP contribution in [0.3, 0.4) is 0 Å². The molecule has 0 saturated carbocycles. The van der Waals surface area contributed by atoms with Crippen LogP contribution < -0.4 is 5.73 Å². The van der Waals surface area contributed by atoms with E-state index in [1.807, 2.05) is 25.4 Å². The summed E-state index contributed by atoms with van der Waals surface area (Å²) in [5.74, 6) is 0. The Morgan fingerprint density at radius 1 is 1.21 bits per heavy atom. The molecule has 0 radical (unpaired) electrons. The molecule has 0 aromatic carbocycles. The number of aromatic nitrogens is 4. The van der Waals surface area contributed by atoms with E-state index in [2.05, 4.69) is 26.9 Å². The summed E-state index contributed by atoms with van der Waals surface area (Å²) in [5, 5.41) is 1.32. The molecule has 0 fully saturated rings. The maximum Gasteiger partial charge on any atom is 0.195 e. The van der Waals surface area contributed by atoms with Gasteiger partial charge >= 0.3 is 0 Å². The molecule has 2 aromatic rings. The van der Waals surface area contributed by atoms with Gasteiger partial charge in [-0.3, -0.25) is 0 Å². The van der Waals surface area contributed by atoms with Gasteiger partial charge in [0.25, 0.3) is 0 Å². The van der Waals surface area contributed by atoms with Crippen LogP contribution in [0.15, 0.2) is 35.0 Å². The number of aryl methyl sites for hydroxylation is 1. The maximum atomic E-state index is 5.90. The fourth-order valence-corrected chi connectivity index (χ4v) is 2.18. The van der Waals surface area contributed by atoms with Crippen LogP contribution in [0.25, 0.3) is 0 Å². The molecule has 0 amide bonds. The Labute approximate surface area is 117 Å². The first-order valence-electron chi connectivity index (χ1n) is 6.21. The summed E-state index contributed by atoms with van der Waals surface area (Å²) in [5.41, 5.74) is 7.89. The van der Waals surface area contributed by atoms with E-state index in [0.717, 1.165) is 24.1 Å². The van der Waals surface area contributed by atoms with Gasteiger partial charge in [-0.1, -0.05) is 6.92 Å². The molecule has 1 atom stereocenters. The van der Waals surface area contributed by atoms with Crippen LogP contribution in [0.4, 0.5) is 0 Å². The van der Waals surface area contributed by atoms with Gasteiger partial charge in [0, 0.05) is 30.3 Å². The minimum absolute atomic E-state index is 0.169. The van der Waals surface area contributed by atoms with Gasteiger partial charge in [0.2, 0.25) is 0 Å². The highest BCUT2D eigenvalue weighted by Gasteiger charge is 2.06. The topological polar surface area (TPSA) is 77.6 Å². The van der Waals surface area contributed by atoms with Gasteiger partial charge in [-0.25, -0.2) is 19.9 Å². The van der Waals surface area contributed by atoms with Crippen molar-refractivity contribution in [3.05, 3.63) is 35.9 Å². The normalized spacial score (nSPS) is 12.4. The van der Waals surface area contributed by atoms with Gasteiger partial charge in [0.05, 0.1) is 0 Å². The zero-order valence-electron chi connectivity index (χ0n) is 11.1. The van der Waals surface area contributed by atoms with Crippen molar-refractivity contribution in [2.45, 2.75) is 43.0 Å². The van der Waals surface area contributed by atoms with Crippen LogP contribution in [-0.2, 0) is 6.42 Å². The van der Waals surface area contributed by atoms with E-state index in [9.17, 15) is 0 Å². The van der Waals surface area contributed by atoms with Gasteiger partial charge in [-0.2, -0.15) is 0 Å². The molecule has 0 spiro atoms. The van der Waals surface area contributed by atoms with Gasteiger partial charge < -0.3 is 5.73 Å². The van der Waals surface area contributed by atoms with Crippen molar-refractivity contribution in [2.75, 3.05) is 0 Å². The highest BCUT2D eigenvalue weighted by Crippen LogP contribution is 2.20. The predicted octanol–water partition coefficient (Wildman–Crippen LogP) is 2.01. The molecule has 0 aliphatic carbocycles. The van der Waals surface area contributed by atoms with Crippen molar-refractivity contribution in [3.8, 4) is 0 Å². The van der Waals surface area contributed by atoms with Crippen LogP contribution in [0, 0.1) is 6.92 Å². The number of hydrogen-bond donors (Lipinski definition) is 1. The fourth-order valence-electron chi connectivity index (χ4n) is 1.50. The van der Waals surface area contributed by atoms with Gasteiger partial charge in [0.1, 0.15) is 0 Å². The first-order valence-corrected chi connectivity index (χ1v) is 7.03. The molecule has 19 heavy (non-hydrogen) atoms. The molecular formula is C13H17N5S. The van der Waals surface area contributed by atoms with Crippen molar-refractivity contribution in [1.29, 1.82) is 0 Å². The summed E-state index contributed by atoms with van der Waals surface area (Å²) in [6.45, 7) is 4.01. The van der Waals surface area contributed by atoms with E-state index in [1.165, 1.54) is 11.8 Å². The van der Waals surface area contributed by atoms with E-state index >= 15 is 0 Å². The average Bonchev–Trinajstić information content (AvgIpc) is 2.41. The highest BCUT2D eigenvalue weighted by atomic mass is 32.2. The summed E-state index contributed by atoms with van der Waals surface area (Å²) >= 11 is 1.36. The molecule has 0 aliphatic heterocycles. The second kappa shape index (κ2) is 6.58. The zero-order valence-corrected chi connectivity index (χ0v) is 11.9. The first kappa shape index (κ1) is 13.9. The van der Waals surface area contributed by atoms with Gasteiger partial charge in [-0.15, -0.1) is 0 Å². The van der Waals surface area contributed by atoms with E-state index < -0.39 is 0 Å². The number of hydrogen-bond acceptors (Lipinski definition) is 6. The smallest absolute Gasteiger partial charge is 0.195 e. The third-order valence-electron chi connectivity index (χ3n) is 2.66. The van der Waals surface area contributed by atoms with Crippen molar-refractivity contribution >= 4 is 11.8 Å². The quantitative estimate of drug-likeness (QED) is 0.841.